The van der Waals surface area contributed by atoms with Crippen LogP contribution in [0.4, 0.5) is 0 Å². The van der Waals surface area contributed by atoms with Crippen LogP contribution < -0.4 is 5.32 Å². The zero-order valence-electron chi connectivity index (χ0n) is 9.72. The SMILES string of the molecule is CC(C)(CO)NC1(C)CCCC1(C)O. The summed E-state index contributed by atoms with van der Waals surface area (Å²) in [4.78, 5) is 0. The quantitative estimate of drug-likeness (QED) is 0.639. The van der Waals surface area contributed by atoms with E-state index >= 15 is 0 Å². The third-order valence-corrected chi connectivity index (χ3v) is 3.54. The summed E-state index contributed by atoms with van der Waals surface area (Å²) in [6, 6.07) is 0. The van der Waals surface area contributed by atoms with E-state index in [0.29, 0.717) is 0 Å². The van der Waals surface area contributed by atoms with Gasteiger partial charge in [-0.3, -0.25) is 0 Å². The lowest BCUT2D eigenvalue weighted by atomic mass is 9.83. The highest BCUT2D eigenvalue weighted by Gasteiger charge is 2.49. The van der Waals surface area contributed by atoms with Crippen molar-refractivity contribution in [2.45, 2.75) is 63.6 Å². The maximum Gasteiger partial charge on any atom is 0.0797 e. The molecule has 1 aliphatic rings. The molecule has 0 aliphatic heterocycles. The van der Waals surface area contributed by atoms with Crippen molar-refractivity contribution in [2.75, 3.05) is 6.61 Å². The van der Waals surface area contributed by atoms with Crippen LogP contribution in [0, 0.1) is 0 Å². The zero-order chi connectivity index (χ0) is 11.0. The molecule has 2 atom stereocenters. The highest BCUT2D eigenvalue weighted by atomic mass is 16.3. The number of nitrogens with one attached hydrogen (secondary N) is 1. The Morgan fingerprint density at radius 2 is 1.86 bits per heavy atom. The van der Waals surface area contributed by atoms with Crippen molar-refractivity contribution in [3.8, 4) is 0 Å². The number of hydrogen-bond donors (Lipinski definition) is 3. The zero-order valence-corrected chi connectivity index (χ0v) is 9.72. The van der Waals surface area contributed by atoms with Crippen LogP contribution in [0.15, 0.2) is 0 Å². The van der Waals surface area contributed by atoms with Gasteiger partial charge >= 0.3 is 0 Å². The summed E-state index contributed by atoms with van der Waals surface area (Å²) < 4.78 is 0. The number of aliphatic hydroxyl groups is 2. The van der Waals surface area contributed by atoms with Gasteiger partial charge in [0.15, 0.2) is 0 Å². The Morgan fingerprint density at radius 3 is 2.21 bits per heavy atom. The molecule has 3 nitrogen and oxygen atoms in total. The van der Waals surface area contributed by atoms with Gasteiger partial charge < -0.3 is 15.5 Å². The second-order valence-electron chi connectivity index (χ2n) is 5.63. The minimum absolute atomic E-state index is 0.0820. The Bertz CT molecular complexity index is 213. The molecule has 2 unspecified atom stereocenters. The van der Waals surface area contributed by atoms with Crippen molar-refractivity contribution in [1.29, 1.82) is 0 Å². The lowest BCUT2D eigenvalue weighted by Crippen LogP contribution is -2.63. The van der Waals surface area contributed by atoms with E-state index in [2.05, 4.69) is 5.32 Å². The Labute approximate surface area is 86.5 Å². The summed E-state index contributed by atoms with van der Waals surface area (Å²) in [5, 5.41) is 22.8. The first kappa shape index (κ1) is 12.0. The molecule has 1 rings (SSSR count). The normalized spacial score (nSPS) is 39.0. The molecule has 14 heavy (non-hydrogen) atoms. The molecule has 0 bridgehead atoms. The lowest BCUT2D eigenvalue weighted by Gasteiger charge is -2.43. The third-order valence-electron chi connectivity index (χ3n) is 3.54. The van der Waals surface area contributed by atoms with Crippen molar-refractivity contribution in [3.05, 3.63) is 0 Å². The summed E-state index contributed by atoms with van der Waals surface area (Å²) in [5.41, 5.74) is -1.28. The van der Waals surface area contributed by atoms with Crippen LogP contribution in [-0.4, -0.2) is 33.5 Å². The molecule has 1 saturated carbocycles. The predicted molar refractivity (Wildman–Crippen MR) is 57.2 cm³/mol. The fourth-order valence-corrected chi connectivity index (χ4v) is 2.31. The summed E-state index contributed by atoms with van der Waals surface area (Å²) in [6.45, 7) is 7.90. The van der Waals surface area contributed by atoms with E-state index in [9.17, 15) is 10.2 Å². The largest absolute Gasteiger partial charge is 0.394 e. The second kappa shape index (κ2) is 3.47. The fourth-order valence-electron chi connectivity index (χ4n) is 2.31. The van der Waals surface area contributed by atoms with Crippen molar-refractivity contribution in [3.63, 3.8) is 0 Å². The molecule has 84 valence electrons. The van der Waals surface area contributed by atoms with Crippen LogP contribution in [0.5, 0.6) is 0 Å². The first-order chi connectivity index (χ1) is 6.22. The monoisotopic (exact) mass is 201 g/mol. The molecule has 0 spiro atoms. The molecule has 0 aromatic heterocycles. The highest BCUT2D eigenvalue weighted by Crippen LogP contribution is 2.39. The molecule has 3 N–H and O–H groups in total. The summed E-state index contributed by atoms with van der Waals surface area (Å²) in [5.74, 6) is 0. The molecule has 0 saturated heterocycles. The summed E-state index contributed by atoms with van der Waals surface area (Å²) >= 11 is 0. The first-order valence-corrected chi connectivity index (χ1v) is 5.35. The minimum atomic E-state index is -0.667. The van der Waals surface area contributed by atoms with Crippen LogP contribution in [0.1, 0.15) is 47.0 Å². The highest BCUT2D eigenvalue weighted by molar-refractivity contribution is 5.07. The average molecular weight is 201 g/mol. The first-order valence-electron chi connectivity index (χ1n) is 5.35. The molecule has 0 aromatic rings. The van der Waals surface area contributed by atoms with Gasteiger partial charge in [-0.2, -0.15) is 0 Å². The molecule has 1 aliphatic carbocycles. The number of aliphatic hydroxyl groups excluding tert-OH is 1. The van der Waals surface area contributed by atoms with Gasteiger partial charge in [-0.1, -0.05) is 0 Å². The summed E-state index contributed by atoms with van der Waals surface area (Å²) in [6.07, 6.45) is 2.83. The second-order valence-corrected chi connectivity index (χ2v) is 5.63. The minimum Gasteiger partial charge on any atom is -0.394 e. The Hall–Kier alpha value is -0.120. The molecule has 0 heterocycles. The Morgan fingerprint density at radius 1 is 1.29 bits per heavy atom. The number of hydrogen-bond acceptors (Lipinski definition) is 3. The topological polar surface area (TPSA) is 52.5 Å². The van der Waals surface area contributed by atoms with Gasteiger partial charge in [0.1, 0.15) is 0 Å². The van der Waals surface area contributed by atoms with Gasteiger partial charge in [0.25, 0.3) is 0 Å². The van der Waals surface area contributed by atoms with E-state index in [1.54, 1.807) is 0 Å². The van der Waals surface area contributed by atoms with Gasteiger partial charge in [-0.25, -0.2) is 0 Å². The van der Waals surface area contributed by atoms with Crippen LogP contribution in [0.25, 0.3) is 0 Å². The van der Waals surface area contributed by atoms with Crippen molar-refractivity contribution in [1.82, 2.24) is 5.32 Å². The van der Waals surface area contributed by atoms with Crippen LogP contribution in [0.3, 0.4) is 0 Å². The lowest BCUT2D eigenvalue weighted by molar-refractivity contribution is -0.0242. The van der Waals surface area contributed by atoms with E-state index in [4.69, 9.17) is 0 Å². The van der Waals surface area contributed by atoms with E-state index in [-0.39, 0.29) is 17.7 Å². The molecule has 3 heteroatoms. The Kier molecular flexibility index (Phi) is 2.96. The molecule has 0 aromatic carbocycles. The maximum atomic E-state index is 10.2. The standard InChI is InChI=1S/C11H23NO2/c1-9(2,8-13)12-10(3)6-5-7-11(10,4)14/h12-14H,5-8H2,1-4H3. The van der Waals surface area contributed by atoms with E-state index in [0.717, 1.165) is 19.3 Å². The van der Waals surface area contributed by atoms with Gasteiger partial charge in [-0.15, -0.1) is 0 Å². The van der Waals surface area contributed by atoms with Crippen LogP contribution in [0.2, 0.25) is 0 Å². The van der Waals surface area contributed by atoms with Gasteiger partial charge in [0.2, 0.25) is 0 Å². The van der Waals surface area contributed by atoms with E-state index < -0.39 is 5.60 Å². The van der Waals surface area contributed by atoms with Crippen molar-refractivity contribution >= 4 is 0 Å². The van der Waals surface area contributed by atoms with Gasteiger partial charge in [0, 0.05) is 11.1 Å². The van der Waals surface area contributed by atoms with E-state index in [1.165, 1.54) is 0 Å². The molecular weight excluding hydrogens is 178 g/mol. The predicted octanol–water partition coefficient (Wildman–Crippen LogP) is 1.04. The summed E-state index contributed by atoms with van der Waals surface area (Å²) in [7, 11) is 0. The van der Waals surface area contributed by atoms with Crippen molar-refractivity contribution in [2.24, 2.45) is 0 Å². The van der Waals surface area contributed by atoms with E-state index in [1.807, 2.05) is 27.7 Å². The van der Waals surface area contributed by atoms with Gasteiger partial charge in [0.05, 0.1) is 12.2 Å². The average Bonchev–Trinajstić information content (AvgIpc) is 2.25. The molecule has 0 radical (unpaired) electrons. The number of rotatable bonds is 3. The van der Waals surface area contributed by atoms with Crippen molar-refractivity contribution < 1.29 is 10.2 Å². The smallest absolute Gasteiger partial charge is 0.0797 e. The van der Waals surface area contributed by atoms with Crippen LogP contribution in [-0.2, 0) is 0 Å². The Balaban J connectivity index is 2.76. The van der Waals surface area contributed by atoms with Gasteiger partial charge in [-0.05, 0) is 47.0 Å². The third kappa shape index (κ3) is 2.10. The molecule has 0 amide bonds. The van der Waals surface area contributed by atoms with Crippen LogP contribution >= 0.6 is 0 Å². The fraction of sp³-hybridized carbons (Fsp3) is 1.00. The molecular formula is C11H23NO2. The molecule has 1 fully saturated rings. The maximum absolute atomic E-state index is 10.2.